The quantitative estimate of drug-likeness (QED) is 0.297. The highest BCUT2D eigenvalue weighted by molar-refractivity contribution is 14.1. The summed E-state index contributed by atoms with van der Waals surface area (Å²) in [4.78, 5) is 31.6. The summed E-state index contributed by atoms with van der Waals surface area (Å²) in [6, 6.07) is 7.48. The Morgan fingerprint density at radius 3 is 2.88 bits per heavy atom. The van der Waals surface area contributed by atoms with E-state index in [1.54, 1.807) is 6.92 Å². The topological polar surface area (TPSA) is 107 Å². The number of rotatable bonds is 6. The number of benzene rings is 1. The lowest BCUT2D eigenvalue weighted by molar-refractivity contribution is -0.113. The smallest absolute Gasteiger partial charge is 0.343 e. The zero-order chi connectivity index (χ0) is 17.5. The summed E-state index contributed by atoms with van der Waals surface area (Å²) in [6.07, 6.45) is 1.31. The van der Waals surface area contributed by atoms with Crippen LogP contribution in [0.1, 0.15) is 17.3 Å². The zero-order valence-corrected chi connectivity index (χ0v) is 15.8. The summed E-state index contributed by atoms with van der Waals surface area (Å²) >= 11 is 3.30. The second kappa shape index (κ2) is 8.83. The van der Waals surface area contributed by atoms with Crippen molar-refractivity contribution in [1.82, 2.24) is 9.97 Å². The molecule has 24 heavy (non-hydrogen) atoms. The van der Waals surface area contributed by atoms with Gasteiger partial charge in [0, 0.05) is 15.5 Å². The summed E-state index contributed by atoms with van der Waals surface area (Å²) in [6.45, 7) is 1.94. The van der Waals surface area contributed by atoms with Crippen LogP contribution in [0.4, 0.5) is 11.5 Å². The predicted octanol–water partition coefficient (Wildman–Crippen LogP) is 2.57. The van der Waals surface area contributed by atoms with E-state index in [2.05, 4.69) is 37.9 Å². The van der Waals surface area contributed by atoms with Crippen molar-refractivity contribution in [3.63, 3.8) is 0 Å². The molecule has 1 heterocycles. The van der Waals surface area contributed by atoms with Crippen LogP contribution in [0.2, 0.25) is 0 Å². The molecule has 2 rings (SSSR count). The average Bonchev–Trinajstić information content (AvgIpc) is 2.53. The van der Waals surface area contributed by atoms with Crippen molar-refractivity contribution in [1.29, 1.82) is 0 Å². The van der Waals surface area contributed by atoms with E-state index < -0.39 is 5.97 Å². The van der Waals surface area contributed by atoms with E-state index in [1.807, 2.05) is 24.3 Å². The van der Waals surface area contributed by atoms with Crippen molar-refractivity contribution in [2.75, 3.05) is 23.4 Å². The maximum Gasteiger partial charge on any atom is 0.343 e. The first-order valence-electron chi connectivity index (χ1n) is 6.97. The highest BCUT2D eigenvalue weighted by atomic mass is 127. The fourth-order valence-corrected chi connectivity index (χ4v) is 2.87. The minimum absolute atomic E-state index is 0.0315. The molecular weight excluding hydrogens is 443 g/mol. The molecule has 0 atom stereocenters. The van der Waals surface area contributed by atoms with Gasteiger partial charge in [-0.15, -0.1) is 0 Å². The molecule has 7 nitrogen and oxygen atoms in total. The van der Waals surface area contributed by atoms with Gasteiger partial charge in [-0.3, -0.25) is 4.79 Å². The Morgan fingerprint density at radius 1 is 1.42 bits per heavy atom. The number of halogens is 1. The first-order chi connectivity index (χ1) is 11.5. The van der Waals surface area contributed by atoms with Gasteiger partial charge in [0.05, 0.1) is 12.4 Å². The predicted molar refractivity (Wildman–Crippen MR) is 101 cm³/mol. The number of nitrogens with one attached hydrogen (secondary N) is 1. The Labute approximate surface area is 156 Å². The molecule has 0 unspecified atom stereocenters. The van der Waals surface area contributed by atoms with Crippen LogP contribution in [0.3, 0.4) is 0 Å². The van der Waals surface area contributed by atoms with Gasteiger partial charge in [-0.2, -0.15) is 0 Å². The third kappa shape index (κ3) is 5.34. The van der Waals surface area contributed by atoms with Gasteiger partial charge in [0.2, 0.25) is 5.91 Å². The van der Waals surface area contributed by atoms with Crippen LogP contribution in [0.5, 0.6) is 0 Å². The lowest BCUT2D eigenvalue weighted by Gasteiger charge is -2.07. The molecule has 2 aromatic rings. The van der Waals surface area contributed by atoms with E-state index in [0.29, 0.717) is 5.16 Å². The summed E-state index contributed by atoms with van der Waals surface area (Å²) in [5.74, 6) is -0.588. The van der Waals surface area contributed by atoms with Gasteiger partial charge in [0.25, 0.3) is 0 Å². The standard InChI is InChI=1S/C15H15IN4O3S/c1-2-23-14(22)11-7-18-15(20-13(11)17)24-8-12(21)19-10-5-3-4-9(16)6-10/h3-7H,2,8H2,1H3,(H,19,21)(H2,17,18,20). The van der Waals surface area contributed by atoms with E-state index in [1.165, 1.54) is 6.20 Å². The SMILES string of the molecule is CCOC(=O)c1cnc(SCC(=O)Nc2cccc(I)c2)nc1N. The lowest BCUT2D eigenvalue weighted by atomic mass is 10.3. The molecule has 0 fully saturated rings. The summed E-state index contributed by atoms with van der Waals surface area (Å²) in [5.41, 5.74) is 6.58. The molecule has 1 aromatic carbocycles. The van der Waals surface area contributed by atoms with Crippen molar-refractivity contribution in [3.8, 4) is 0 Å². The lowest BCUT2D eigenvalue weighted by Crippen LogP contribution is -2.15. The number of thioether (sulfide) groups is 1. The summed E-state index contributed by atoms with van der Waals surface area (Å²) < 4.78 is 5.88. The van der Waals surface area contributed by atoms with Gasteiger partial charge in [0.15, 0.2) is 5.16 Å². The van der Waals surface area contributed by atoms with Crippen LogP contribution in [0.25, 0.3) is 0 Å². The number of esters is 1. The Kier molecular flexibility index (Phi) is 6.79. The number of ether oxygens (including phenoxy) is 1. The largest absolute Gasteiger partial charge is 0.462 e. The molecule has 0 saturated carbocycles. The van der Waals surface area contributed by atoms with Crippen molar-refractivity contribution in [2.24, 2.45) is 0 Å². The molecule has 0 aliphatic heterocycles. The van der Waals surface area contributed by atoms with Crippen molar-refractivity contribution in [3.05, 3.63) is 39.6 Å². The number of carbonyl (C=O) groups excluding carboxylic acids is 2. The maximum atomic E-state index is 11.9. The van der Waals surface area contributed by atoms with E-state index in [0.717, 1.165) is 21.0 Å². The number of amides is 1. The average molecular weight is 458 g/mol. The zero-order valence-electron chi connectivity index (χ0n) is 12.8. The van der Waals surface area contributed by atoms with Gasteiger partial charge in [0.1, 0.15) is 11.4 Å². The molecule has 0 radical (unpaired) electrons. The van der Waals surface area contributed by atoms with Crippen LogP contribution in [-0.2, 0) is 9.53 Å². The van der Waals surface area contributed by atoms with Gasteiger partial charge >= 0.3 is 5.97 Å². The fraction of sp³-hybridized carbons (Fsp3) is 0.200. The molecule has 1 aromatic heterocycles. The molecule has 0 spiro atoms. The Morgan fingerprint density at radius 2 is 2.21 bits per heavy atom. The number of aromatic nitrogens is 2. The van der Waals surface area contributed by atoms with Gasteiger partial charge in [-0.25, -0.2) is 14.8 Å². The van der Waals surface area contributed by atoms with Crippen LogP contribution >= 0.6 is 34.4 Å². The Hall–Kier alpha value is -1.88. The number of nitrogens with zero attached hydrogens (tertiary/aromatic N) is 2. The number of hydrogen-bond acceptors (Lipinski definition) is 7. The monoisotopic (exact) mass is 458 g/mol. The minimum atomic E-state index is -0.567. The van der Waals surface area contributed by atoms with Crippen LogP contribution in [0, 0.1) is 3.57 Å². The van der Waals surface area contributed by atoms with Gasteiger partial charge in [-0.05, 0) is 47.7 Å². The van der Waals surface area contributed by atoms with E-state index >= 15 is 0 Å². The Bertz CT molecular complexity index is 757. The minimum Gasteiger partial charge on any atom is -0.462 e. The molecule has 0 saturated heterocycles. The normalized spacial score (nSPS) is 10.2. The molecule has 1 amide bonds. The first-order valence-corrected chi connectivity index (χ1v) is 9.04. The number of nitrogens with two attached hydrogens (primary N) is 1. The van der Waals surface area contributed by atoms with Crippen molar-refractivity contribution >= 4 is 57.7 Å². The summed E-state index contributed by atoms with van der Waals surface area (Å²) in [7, 11) is 0. The highest BCUT2D eigenvalue weighted by Gasteiger charge is 2.14. The summed E-state index contributed by atoms with van der Waals surface area (Å²) in [5, 5.41) is 3.11. The molecule has 0 aliphatic rings. The van der Waals surface area contributed by atoms with E-state index in [4.69, 9.17) is 10.5 Å². The number of anilines is 2. The van der Waals surface area contributed by atoms with Crippen LogP contribution < -0.4 is 11.1 Å². The highest BCUT2D eigenvalue weighted by Crippen LogP contribution is 2.18. The third-order valence-corrected chi connectivity index (χ3v) is 4.26. The number of carbonyl (C=O) groups is 2. The van der Waals surface area contributed by atoms with Crippen molar-refractivity contribution in [2.45, 2.75) is 12.1 Å². The second-order valence-corrected chi connectivity index (χ2v) is 6.71. The Balaban J connectivity index is 1.93. The molecular formula is C15H15IN4O3S. The van der Waals surface area contributed by atoms with Gasteiger partial charge < -0.3 is 15.8 Å². The number of nitrogen functional groups attached to an aromatic ring is 1. The molecule has 9 heteroatoms. The first kappa shape index (κ1) is 18.5. The van der Waals surface area contributed by atoms with Crippen LogP contribution in [0.15, 0.2) is 35.6 Å². The maximum absolute atomic E-state index is 11.9. The van der Waals surface area contributed by atoms with Crippen LogP contribution in [-0.4, -0.2) is 34.2 Å². The third-order valence-electron chi connectivity index (χ3n) is 2.73. The second-order valence-electron chi connectivity index (χ2n) is 4.52. The van der Waals surface area contributed by atoms with Crippen molar-refractivity contribution < 1.29 is 14.3 Å². The van der Waals surface area contributed by atoms with E-state index in [9.17, 15) is 9.59 Å². The fourth-order valence-electron chi connectivity index (χ4n) is 1.71. The van der Waals surface area contributed by atoms with E-state index in [-0.39, 0.29) is 29.6 Å². The molecule has 0 bridgehead atoms. The molecule has 3 N–H and O–H groups in total. The molecule has 126 valence electrons. The van der Waals surface area contributed by atoms with Gasteiger partial charge in [-0.1, -0.05) is 17.8 Å². The molecule has 0 aliphatic carbocycles. The number of hydrogen-bond donors (Lipinski definition) is 2.